The fourth-order valence-corrected chi connectivity index (χ4v) is 1.20. The number of ether oxygens (including phenoxy) is 2. The number of halogens is 1. The van der Waals surface area contributed by atoms with Crippen molar-refractivity contribution in [1.29, 1.82) is 0 Å². The Morgan fingerprint density at radius 1 is 1.53 bits per heavy atom. The molecule has 0 spiro atoms. The molecule has 6 heteroatoms. The molecule has 0 saturated heterocycles. The highest BCUT2D eigenvalue weighted by Gasteiger charge is 2.08. The van der Waals surface area contributed by atoms with Crippen molar-refractivity contribution in [2.75, 3.05) is 32.2 Å². The summed E-state index contributed by atoms with van der Waals surface area (Å²) in [6.07, 6.45) is 0. The number of hydrogen-bond donors (Lipinski definition) is 2. The molecule has 1 amide bonds. The van der Waals surface area contributed by atoms with E-state index >= 15 is 0 Å². The maximum Gasteiger partial charge on any atom is 0.250 e. The lowest BCUT2D eigenvalue weighted by molar-refractivity contribution is -0.120. The van der Waals surface area contributed by atoms with Crippen LogP contribution in [0.15, 0.2) is 18.2 Å². The van der Waals surface area contributed by atoms with Crippen LogP contribution in [0.5, 0.6) is 5.75 Å². The molecule has 94 valence electrons. The summed E-state index contributed by atoms with van der Waals surface area (Å²) in [6, 6.07) is 3.85. The molecule has 0 saturated carbocycles. The summed E-state index contributed by atoms with van der Waals surface area (Å²) >= 11 is 0. The summed E-state index contributed by atoms with van der Waals surface area (Å²) in [5, 5.41) is 2.55. The highest BCUT2D eigenvalue weighted by Crippen LogP contribution is 2.24. The van der Waals surface area contributed by atoms with Crippen LogP contribution in [0, 0.1) is 5.82 Å². The van der Waals surface area contributed by atoms with Crippen LogP contribution in [0.3, 0.4) is 0 Å². The molecule has 0 aliphatic carbocycles. The zero-order valence-electron chi connectivity index (χ0n) is 9.53. The Kier molecular flexibility index (Phi) is 5.38. The van der Waals surface area contributed by atoms with Gasteiger partial charge in [-0.05, 0) is 12.1 Å². The van der Waals surface area contributed by atoms with Gasteiger partial charge in [0.1, 0.15) is 18.2 Å². The summed E-state index contributed by atoms with van der Waals surface area (Å²) in [5.74, 6) is -0.514. The first-order chi connectivity index (χ1) is 8.17. The number of nitrogens with two attached hydrogens (primary N) is 1. The second-order valence-corrected chi connectivity index (χ2v) is 3.23. The molecule has 1 aromatic carbocycles. The molecule has 0 aliphatic rings. The molecule has 0 atom stereocenters. The van der Waals surface area contributed by atoms with Crippen LogP contribution >= 0.6 is 0 Å². The van der Waals surface area contributed by atoms with E-state index in [4.69, 9.17) is 15.2 Å². The number of methoxy groups -OCH3 is 1. The average molecular weight is 242 g/mol. The van der Waals surface area contributed by atoms with Crippen molar-refractivity contribution < 1.29 is 18.7 Å². The number of carbonyl (C=O) groups is 1. The Morgan fingerprint density at radius 3 is 2.94 bits per heavy atom. The van der Waals surface area contributed by atoms with Crippen molar-refractivity contribution in [1.82, 2.24) is 0 Å². The van der Waals surface area contributed by atoms with Crippen molar-refractivity contribution in [3.8, 4) is 5.75 Å². The fraction of sp³-hybridized carbons (Fsp3) is 0.364. The number of anilines is 1. The molecule has 0 heterocycles. The Hall–Kier alpha value is -1.66. The maximum atomic E-state index is 12.9. The largest absolute Gasteiger partial charge is 0.494 e. The van der Waals surface area contributed by atoms with E-state index in [0.717, 1.165) is 0 Å². The summed E-state index contributed by atoms with van der Waals surface area (Å²) in [7, 11) is 1.40. The van der Waals surface area contributed by atoms with Crippen molar-refractivity contribution in [3.05, 3.63) is 24.0 Å². The van der Waals surface area contributed by atoms with E-state index in [1.54, 1.807) is 0 Å². The van der Waals surface area contributed by atoms with E-state index in [1.165, 1.54) is 25.3 Å². The Bertz CT molecular complexity index is 385. The summed E-state index contributed by atoms with van der Waals surface area (Å²) in [4.78, 5) is 11.4. The molecule has 0 fully saturated rings. The van der Waals surface area contributed by atoms with Crippen LogP contribution in [0.1, 0.15) is 0 Å². The topological polar surface area (TPSA) is 73.6 Å². The van der Waals surface area contributed by atoms with Crippen LogP contribution in [0.2, 0.25) is 0 Å². The van der Waals surface area contributed by atoms with E-state index in [0.29, 0.717) is 18.8 Å². The molecule has 3 N–H and O–H groups in total. The second-order valence-electron chi connectivity index (χ2n) is 3.23. The zero-order chi connectivity index (χ0) is 12.7. The molecule has 1 aromatic rings. The number of rotatable bonds is 6. The van der Waals surface area contributed by atoms with Gasteiger partial charge in [-0.2, -0.15) is 0 Å². The minimum Gasteiger partial charge on any atom is -0.494 e. The van der Waals surface area contributed by atoms with Crippen LogP contribution in [-0.4, -0.2) is 32.8 Å². The van der Waals surface area contributed by atoms with Crippen molar-refractivity contribution in [2.45, 2.75) is 0 Å². The van der Waals surface area contributed by atoms with E-state index in [1.807, 2.05) is 0 Å². The van der Waals surface area contributed by atoms with Crippen LogP contribution < -0.4 is 15.8 Å². The SMILES string of the molecule is COc1cc(F)ccc1NC(=O)COCCN. The number of carbonyl (C=O) groups excluding carboxylic acids is 1. The summed E-state index contributed by atoms with van der Waals surface area (Å²) < 4.78 is 22.8. The van der Waals surface area contributed by atoms with Gasteiger partial charge >= 0.3 is 0 Å². The van der Waals surface area contributed by atoms with E-state index < -0.39 is 5.82 Å². The average Bonchev–Trinajstić information content (AvgIpc) is 2.32. The van der Waals surface area contributed by atoms with Gasteiger partial charge in [0, 0.05) is 12.6 Å². The normalized spacial score (nSPS) is 10.1. The van der Waals surface area contributed by atoms with Crippen LogP contribution in [0.4, 0.5) is 10.1 Å². The third kappa shape index (κ3) is 4.38. The van der Waals surface area contributed by atoms with E-state index in [-0.39, 0.29) is 18.3 Å². The van der Waals surface area contributed by atoms with Crippen molar-refractivity contribution in [2.24, 2.45) is 5.73 Å². The molecular formula is C11H15FN2O3. The molecule has 5 nitrogen and oxygen atoms in total. The van der Waals surface area contributed by atoms with Crippen molar-refractivity contribution in [3.63, 3.8) is 0 Å². The number of hydrogen-bond acceptors (Lipinski definition) is 4. The van der Waals surface area contributed by atoms with Crippen LogP contribution in [-0.2, 0) is 9.53 Å². The zero-order valence-corrected chi connectivity index (χ0v) is 9.53. The number of nitrogens with one attached hydrogen (secondary N) is 1. The van der Waals surface area contributed by atoms with E-state index in [9.17, 15) is 9.18 Å². The lowest BCUT2D eigenvalue weighted by Gasteiger charge is -2.10. The molecule has 0 unspecified atom stereocenters. The fourth-order valence-electron chi connectivity index (χ4n) is 1.20. The van der Waals surface area contributed by atoms with Gasteiger partial charge in [-0.1, -0.05) is 0 Å². The Balaban J connectivity index is 2.58. The monoisotopic (exact) mass is 242 g/mol. The predicted octanol–water partition coefficient (Wildman–Crippen LogP) is 0.748. The first-order valence-corrected chi connectivity index (χ1v) is 5.08. The summed E-state index contributed by atoms with van der Waals surface area (Å²) in [5.41, 5.74) is 5.61. The molecule has 0 radical (unpaired) electrons. The predicted molar refractivity (Wildman–Crippen MR) is 61.5 cm³/mol. The van der Waals surface area contributed by atoms with Gasteiger partial charge in [0.25, 0.3) is 0 Å². The molecular weight excluding hydrogens is 227 g/mol. The Morgan fingerprint density at radius 2 is 2.29 bits per heavy atom. The van der Waals surface area contributed by atoms with Gasteiger partial charge in [-0.25, -0.2) is 4.39 Å². The van der Waals surface area contributed by atoms with Gasteiger partial charge in [-0.15, -0.1) is 0 Å². The molecule has 17 heavy (non-hydrogen) atoms. The third-order valence-electron chi connectivity index (χ3n) is 1.93. The highest BCUT2D eigenvalue weighted by atomic mass is 19.1. The third-order valence-corrected chi connectivity index (χ3v) is 1.93. The lowest BCUT2D eigenvalue weighted by Crippen LogP contribution is -2.21. The lowest BCUT2D eigenvalue weighted by atomic mass is 10.3. The first kappa shape index (κ1) is 13.4. The van der Waals surface area contributed by atoms with Crippen molar-refractivity contribution >= 4 is 11.6 Å². The standard InChI is InChI=1S/C11H15FN2O3/c1-16-10-6-8(12)2-3-9(10)14-11(15)7-17-5-4-13/h2-3,6H,4-5,7,13H2,1H3,(H,14,15). The Labute approximate surface area is 98.7 Å². The molecule has 0 aromatic heterocycles. The molecule has 1 rings (SSSR count). The number of amides is 1. The highest BCUT2D eigenvalue weighted by molar-refractivity contribution is 5.93. The maximum absolute atomic E-state index is 12.9. The van der Waals surface area contributed by atoms with Gasteiger partial charge in [0.15, 0.2) is 0 Å². The smallest absolute Gasteiger partial charge is 0.250 e. The van der Waals surface area contributed by atoms with Gasteiger partial charge in [0.05, 0.1) is 19.4 Å². The number of benzene rings is 1. The van der Waals surface area contributed by atoms with Gasteiger partial charge in [0.2, 0.25) is 5.91 Å². The molecule has 0 aliphatic heterocycles. The van der Waals surface area contributed by atoms with Gasteiger partial charge < -0.3 is 20.5 Å². The second kappa shape index (κ2) is 6.82. The van der Waals surface area contributed by atoms with E-state index in [2.05, 4.69) is 5.32 Å². The first-order valence-electron chi connectivity index (χ1n) is 5.08. The van der Waals surface area contributed by atoms with Gasteiger partial charge in [-0.3, -0.25) is 4.79 Å². The summed E-state index contributed by atoms with van der Waals surface area (Å²) in [6.45, 7) is 0.568. The molecule has 0 bridgehead atoms. The minimum absolute atomic E-state index is 0.0995. The van der Waals surface area contributed by atoms with Crippen LogP contribution in [0.25, 0.3) is 0 Å². The minimum atomic E-state index is -0.431. The quantitative estimate of drug-likeness (QED) is 0.722.